The first kappa shape index (κ1) is 14.2. The molecule has 1 N–H and O–H groups in total. The van der Waals surface area contributed by atoms with Crippen LogP contribution in [-0.4, -0.2) is 24.4 Å². The van der Waals surface area contributed by atoms with Gasteiger partial charge in [0, 0.05) is 13.0 Å². The van der Waals surface area contributed by atoms with Gasteiger partial charge in [-0.3, -0.25) is 0 Å². The number of hydrogen-bond acceptors (Lipinski definition) is 2. The molecule has 1 unspecified atom stereocenters. The highest BCUT2D eigenvalue weighted by Gasteiger charge is 2.05. The molecule has 0 radical (unpaired) electrons. The van der Waals surface area contributed by atoms with Crippen LogP contribution in [0.15, 0.2) is 24.3 Å². The molecular formula is C15H24O2. The minimum Gasteiger partial charge on any atom is -0.390 e. The summed E-state index contributed by atoms with van der Waals surface area (Å²) in [6.45, 7) is 5.42. The first-order chi connectivity index (χ1) is 8.26. The van der Waals surface area contributed by atoms with Crippen LogP contribution in [0.1, 0.15) is 37.8 Å². The SMILES string of the molecule is CCCOCC(O)Cc1ccc(CCC)cc1. The molecule has 2 nitrogen and oxygen atoms in total. The smallest absolute Gasteiger partial charge is 0.0813 e. The van der Waals surface area contributed by atoms with Crippen LogP contribution in [0.5, 0.6) is 0 Å². The van der Waals surface area contributed by atoms with Crippen molar-refractivity contribution in [2.75, 3.05) is 13.2 Å². The Balaban J connectivity index is 2.34. The predicted molar refractivity (Wildman–Crippen MR) is 71.3 cm³/mol. The molecule has 0 aliphatic carbocycles. The molecule has 0 spiro atoms. The minimum atomic E-state index is -0.390. The monoisotopic (exact) mass is 236 g/mol. The van der Waals surface area contributed by atoms with Crippen LogP contribution >= 0.6 is 0 Å². The molecule has 96 valence electrons. The van der Waals surface area contributed by atoms with E-state index in [1.54, 1.807) is 0 Å². The van der Waals surface area contributed by atoms with Gasteiger partial charge in [0.1, 0.15) is 0 Å². The fourth-order valence-electron chi connectivity index (χ4n) is 1.83. The molecule has 0 aliphatic rings. The Morgan fingerprint density at radius 3 is 2.29 bits per heavy atom. The highest BCUT2D eigenvalue weighted by molar-refractivity contribution is 5.23. The van der Waals surface area contributed by atoms with Gasteiger partial charge in [-0.15, -0.1) is 0 Å². The number of ether oxygens (including phenoxy) is 1. The van der Waals surface area contributed by atoms with E-state index in [0.29, 0.717) is 13.0 Å². The average molecular weight is 236 g/mol. The molecule has 0 aliphatic heterocycles. The van der Waals surface area contributed by atoms with Crippen molar-refractivity contribution in [3.05, 3.63) is 35.4 Å². The number of aryl methyl sites for hydroxylation is 1. The molecule has 1 rings (SSSR count). The van der Waals surface area contributed by atoms with Gasteiger partial charge in [0.25, 0.3) is 0 Å². The molecule has 0 amide bonds. The minimum absolute atomic E-state index is 0.390. The van der Waals surface area contributed by atoms with E-state index in [4.69, 9.17) is 4.74 Å². The lowest BCUT2D eigenvalue weighted by Gasteiger charge is -2.11. The summed E-state index contributed by atoms with van der Waals surface area (Å²) in [7, 11) is 0. The van der Waals surface area contributed by atoms with E-state index >= 15 is 0 Å². The van der Waals surface area contributed by atoms with Crippen molar-refractivity contribution < 1.29 is 9.84 Å². The number of aliphatic hydroxyl groups is 1. The van der Waals surface area contributed by atoms with Crippen molar-refractivity contribution in [3.63, 3.8) is 0 Å². The van der Waals surface area contributed by atoms with Gasteiger partial charge < -0.3 is 9.84 Å². The standard InChI is InChI=1S/C15H24O2/c1-3-5-13-6-8-14(9-7-13)11-15(16)12-17-10-4-2/h6-9,15-16H,3-5,10-12H2,1-2H3. The quantitative estimate of drug-likeness (QED) is 0.703. The first-order valence-corrected chi connectivity index (χ1v) is 6.59. The summed E-state index contributed by atoms with van der Waals surface area (Å²) in [5.41, 5.74) is 2.55. The van der Waals surface area contributed by atoms with Gasteiger partial charge in [-0.2, -0.15) is 0 Å². The fraction of sp³-hybridized carbons (Fsp3) is 0.600. The molecular weight excluding hydrogens is 212 g/mol. The van der Waals surface area contributed by atoms with E-state index in [2.05, 4.69) is 38.1 Å². The second kappa shape index (κ2) is 8.26. The first-order valence-electron chi connectivity index (χ1n) is 6.59. The van der Waals surface area contributed by atoms with E-state index in [1.807, 2.05) is 0 Å². The van der Waals surface area contributed by atoms with E-state index in [0.717, 1.165) is 19.4 Å². The molecule has 0 bridgehead atoms. The fourth-order valence-corrected chi connectivity index (χ4v) is 1.83. The lowest BCUT2D eigenvalue weighted by atomic mass is 10.0. The summed E-state index contributed by atoms with van der Waals surface area (Å²) in [4.78, 5) is 0. The van der Waals surface area contributed by atoms with Crippen molar-refractivity contribution in [2.24, 2.45) is 0 Å². The Morgan fingerprint density at radius 1 is 1.06 bits per heavy atom. The zero-order valence-electron chi connectivity index (χ0n) is 11.0. The van der Waals surface area contributed by atoms with Crippen LogP contribution < -0.4 is 0 Å². The van der Waals surface area contributed by atoms with Gasteiger partial charge in [-0.1, -0.05) is 44.5 Å². The third-order valence-corrected chi connectivity index (χ3v) is 2.69. The second-order valence-electron chi connectivity index (χ2n) is 4.50. The maximum absolute atomic E-state index is 9.78. The van der Waals surface area contributed by atoms with Gasteiger partial charge in [0.2, 0.25) is 0 Å². The molecule has 1 aromatic carbocycles. The van der Waals surface area contributed by atoms with Crippen LogP contribution in [0.25, 0.3) is 0 Å². The van der Waals surface area contributed by atoms with E-state index in [-0.39, 0.29) is 0 Å². The number of benzene rings is 1. The molecule has 1 atom stereocenters. The number of aliphatic hydroxyl groups excluding tert-OH is 1. The highest BCUT2D eigenvalue weighted by Crippen LogP contribution is 2.09. The maximum atomic E-state index is 9.78. The van der Waals surface area contributed by atoms with Gasteiger partial charge >= 0.3 is 0 Å². The van der Waals surface area contributed by atoms with E-state index in [9.17, 15) is 5.11 Å². The molecule has 0 saturated carbocycles. The van der Waals surface area contributed by atoms with Crippen LogP contribution in [0.4, 0.5) is 0 Å². The third-order valence-electron chi connectivity index (χ3n) is 2.69. The molecule has 1 aromatic rings. The van der Waals surface area contributed by atoms with Crippen molar-refractivity contribution >= 4 is 0 Å². The summed E-state index contributed by atoms with van der Waals surface area (Å²) in [5, 5.41) is 9.78. The van der Waals surface area contributed by atoms with Crippen LogP contribution in [0.2, 0.25) is 0 Å². The Hall–Kier alpha value is -0.860. The summed E-state index contributed by atoms with van der Waals surface area (Å²) < 4.78 is 5.33. The van der Waals surface area contributed by atoms with Crippen LogP contribution in [0.3, 0.4) is 0 Å². The van der Waals surface area contributed by atoms with Gasteiger partial charge in [-0.25, -0.2) is 0 Å². The topological polar surface area (TPSA) is 29.5 Å². The van der Waals surface area contributed by atoms with E-state index in [1.165, 1.54) is 17.5 Å². The Kier molecular flexibility index (Phi) is 6.90. The Morgan fingerprint density at radius 2 is 1.71 bits per heavy atom. The van der Waals surface area contributed by atoms with E-state index < -0.39 is 6.10 Å². The highest BCUT2D eigenvalue weighted by atomic mass is 16.5. The normalized spacial score (nSPS) is 12.6. The number of hydrogen-bond donors (Lipinski definition) is 1. The van der Waals surface area contributed by atoms with Gasteiger partial charge in [-0.05, 0) is 24.0 Å². The Labute approximate surface area is 105 Å². The largest absolute Gasteiger partial charge is 0.390 e. The Bertz CT molecular complexity index is 292. The zero-order valence-corrected chi connectivity index (χ0v) is 11.0. The van der Waals surface area contributed by atoms with Crippen molar-refractivity contribution in [3.8, 4) is 0 Å². The summed E-state index contributed by atoms with van der Waals surface area (Å²) in [5.74, 6) is 0. The maximum Gasteiger partial charge on any atom is 0.0813 e. The molecule has 17 heavy (non-hydrogen) atoms. The molecule has 0 aromatic heterocycles. The molecule has 0 fully saturated rings. The average Bonchev–Trinajstić information content (AvgIpc) is 2.32. The third kappa shape index (κ3) is 5.85. The van der Waals surface area contributed by atoms with Crippen LogP contribution in [-0.2, 0) is 17.6 Å². The summed E-state index contributed by atoms with van der Waals surface area (Å²) in [6.07, 6.45) is 3.59. The summed E-state index contributed by atoms with van der Waals surface area (Å²) >= 11 is 0. The predicted octanol–water partition coefficient (Wildman–Crippen LogP) is 2.97. The lowest BCUT2D eigenvalue weighted by Crippen LogP contribution is -2.18. The molecule has 2 heteroatoms. The molecule has 0 saturated heterocycles. The van der Waals surface area contributed by atoms with Crippen molar-refractivity contribution in [1.82, 2.24) is 0 Å². The second-order valence-corrected chi connectivity index (χ2v) is 4.50. The number of rotatable bonds is 8. The summed E-state index contributed by atoms with van der Waals surface area (Å²) in [6, 6.07) is 8.51. The van der Waals surface area contributed by atoms with Gasteiger partial charge in [0.15, 0.2) is 0 Å². The van der Waals surface area contributed by atoms with Gasteiger partial charge in [0.05, 0.1) is 12.7 Å². The van der Waals surface area contributed by atoms with Crippen LogP contribution in [0, 0.1) is 0 Å². The van der Waals surface area contributed by atoms with Crippen molar-refractivity contribution in [1.29, 1.82) is 0 Å². The zero-order chi connectivity index (χ0) is 12.5. The lowest BCUT2D eigenvalue weighted by molar-refractivity contribution is 0.0374. The molecule has 0 heterocycles. The van der Waals surface area contributed by atoms with Crippen molar-refractivity contribution in [2.45, 2.75) is 45.6 Å².